The van der Waals surface area contributed by atoms with Gasteiger partial charge in [-0.3, -0.25) is 9.48 Å². The summed E-state index contributed by atoms with van der Waals surface area (Å²) < 4.78 is 6.89. The van der Waals surface area contributed by atoms with Crippen LogP contribution in [-0.4, -0.2) is 32.8 Å². The predicted octanol–water partition coefficient (Wildman–Crippen LogP) is 2.36. The van der Waals surface area contributed by atoms with Crippen molar-refractivity contribution in [1.82, 2.24) is 25.1 Å². The third kappa shape index (κ3) is 4.42. The molecule has 0 saturated heterocycles. The molecule has 0 aliphatic carbocycles. The molecule has 1 atom stereocenters. The summed E-state index contributed by atoms with van der Waals surface area (Å²) in [5.74, 6) is 0.587. The number of hydrogen-bond acceptors (Lipinski definition) is 6. The number of benzene rings is 1. The topological polar surface area (TPSA) is 81.9 Å². The van der Waals surface area contributed by atoms with Gasteiger partial charge in [0.25, 0.3) is 0 Å². The van der Waals surface area contributed by atoms with E-state index >= 15 is 0 Å². The summed E-state index contributed by atoms with van der Waals surface area (Å²) in [6.45, 7) is 2.83. The maximum atomic E-state index is 12.2. The lowest BCUT2D eigenvalue weighted by molar-refractivity contribution is -0.125. The van der Waals surface area contributed by atoms with Gasteiger partial charge in [-0.1, -0.05) is 19.1 Å². The van der Waals surface area contributed by atoms with Gasteiger partial charge in [-0.25, -0.2) is 9.97 Å². The molecule has 2 aromatic heterocycles. The fraction of sp³-hybridized carbons (Fsp3) is 0.294. The smallest absolute Gasteiger partial charge is 0.224 e. The molecule has 0 spiro atoms. The van der Waals surface area contributed by atoms with E-state index in [1.165, 1.54) is 6.33 Å². The summed E-state index contributed by atoms with van der Waals surface area (Å²) in [6, 6.07) is 7.77. The first kappa shape index (κ1) is 17.1. The Morgan fingerprint density at radius 1 is 1.44 bits per heavy atom. The zero-order valence-electron chi connectivity index (χ0n) is 14.0. The Morgan fingerprint density at radius 3 is 3.08 bits per heavy atom. The van der Waals surface area contributed by atoms with E-state index in [1.54, 1.807) is 35.7 Å². The molecule has 1 N–H and O–H groups in total. The monoisotopic (exact) mass is 357 g/mol. The molecule has 25 heavy (non-hydrogen) atoms. The van der Waals surface area contributed by atoms with Crippen molar-refractivity contribution >= 4 is 17.2 Å². The third-order valence-corrected chi connectivity index (χ3v) is 4.73. The van der Waals surface area contributed by atoms with Crippen LogP contribution >= 0.6 is 11.3 Å². The van der Waals surface area contributed by atoms with E-state index in [-0.39, 0.29) is 11.8 Å². The highest BCUT2D eigenvalue weighted by Gasteiger charge is 2.14. The second-order valence-corrected chi connectivity index (χ2v) is 6.72. The SMILES string of the molecule is COc1cccc(-c2ncc(CNC(=O)[C@H](C)Cn3cncn3)s2)c1. The minimum absolute atomic E-state index is 0.0215. The van der Waals surface area contributed by atoms with Gasteiger partial charge in [0, 0.05) is 16.6 Å². The second kappa shape index (κ2) is 7.89. The van der Waals surface area contributed by atoms with E-state index in [4.69, 9.17) is 4.74 Å². The lowest BCUT2D eigenvalue weighted by Gasteiger charge is -2.11. The van der Waals surface area contributed by atoms with Crippen molar-refractivity contribution in [2.75, 3.05) is 7.11 Å². The highest BCUT2D eigenvalue weighted by atomic mass is 32.1. The van der Waals surface area contributed by atoms with Gasteiger partial charge in [-0.15, -0.1) is 11.3 Å². The van der Waals surface area contributed by atoms with Crippen LogP contribution in [0.5, 0.6) is 5.75 Å². The number of thiazole rings is 1. The summed E-state index contributed by atoms with van der Waals surface area (Å²) in [7, 11) is 1.64. The minimum atomic E-state index is -0.188. The van der Waals surface area contributed by atoms with Crippen molar-refractivity contribution in [3.05, 3.63) is 48.0 Å². The summed E-state index contributed by atoms with van der Waals surface area (Å²) in [5.41, 5.74) is 1.00. The van der Waals surface area contributed by atoms with E-state index in [9.17, 15) is 4.79 Å². The Hall–Kier alpha value is -2.74. The average molecular weight is 357 g/mol. The molecular weight excluding hydrogens is 338 g/mol. The van der Waals surface area contributed by atoms with E-state index < -0.39 is 0 Å². The first-order valence-corrected chi connectivity index (χ1v) is 8.66. The highest BCUT2D eigenvalue weighted by Crippen LogP contribution is 2.27. The molecule has 7 nitrogen and oxygen atoms in total. The Morgan fingerprint density at radius 2 is 2.32 bits per heavy atom. The van der Waals surface area contributed by atoms with E-state index in [0.717, 1.165) is 21.2 Å². The first-order valence-electron chi connectivity index (χ1n) is 7.85. The van der Waals surface area contributed by atoms with Gasteiger partial charge in [0.1, 0.15) is 23.4 Å². The Bertz CT molecular complexity index is 831. The molecule has 0 fully saturated rings. The highest BCUT2D eigenvalue weighted by molar-refractivity contribution is 7.15. The van der Waals surface area contributed by atoms with E-state index in [1.807, 2.05) is 31.2 Å². The van der Waals surface area contributed by atoms with Crippen molar-refractivity contribution in [3.63, 3.8) is 0 Å². The van der Waals surface area contributed by atoms with Crippen molar-refractivity contribution in [3.8, 4) is 16.3 Å². The quantitative estimate of drug-likeness (QED) is 0.702. The van der Waals surface area contributed by atoms with Gasteiger partial charge in [0.05, 0.1) is 26.1 Å². The number of nitrogens with one attached hydrogen (secondary N) is 1. The molecule has 130 valence electrons. The fourth-order valence-corrected chi connectivity index (χ4v) is 3.17. The Labute approximate surface area is 149 Å². The zero-order valence-corrected chi connectivity index (χ0v) is 14.9. The van der Waals surface area contributed by atoms with Crippen molar-refractivity contribution in [2.24, 2.45) is 5.92 Å². The molecule has 1 aromatic carbocycles. The molecule has 8 heteroatoms. The van der Waals surface area contributed by atoms with Gasteiger partial charge >= 0.3 is 0 Å². The number of amides is 1. The molecule has 0 bridgehead atoms. The van der Waals surface area contributed by atoms with Gasteiger partial charge in [-0.05, 0) is 12.1 Å². The summed E-state index contributed by atoms with van der Waals surface area (Å²) >= 11 is 1.56. The largest absolute Gasteiger partial charge is 0.497 e. The number of carbonyl (C=O) groups is 1. The van der Waals surface area contributed by atoms with Crippen molar-refractivity contribution in [1.29, 1.82) is 0 Å². The third-order valence-electron chi connectivity index (χ3n) is 3.68. The number of hydrogen-bond donors (Lipinski definition) is 1. The Kier molecular flexibility index (Phi) is 5.39. The number of methoxy groups -OCH3 is 1. The standard InChI is InChI=1S/C17H19N5O2S/c1-12(9-22-11-18-10-21-22)16(23)19-7-15-8-20-17(25-15)13-4-3-5-14(6-13)24-2/h3-6,8,10-12H,7,9H2,1-2H3,(H,19,23)/t12-/m1/s1. The van der Waals surface area contributed by atoms with Crippen LogP contribution in [0.25, 0.3) is 10.6 Å². The molecule has 0 aliphatic rings. The van der Waals surface area contributed by atoms with Crippen LogP contribution < -0.4 is 10.1 Å². The number of rotatable bonds is 7. The van der Waals surface area contributed by atoms with E-state index in [2.05, 4.69) is 20.4 Å². The van der Waals surface area contributed by atoms with Crippen LogP contribution in [0, 0.1) is 5.92 Å². The molecule has 0 saturated carbocycles. The summed E-state index contributed by atoms with van der Waals surface area (Å²) in [6.07, 6.45) is 4.86. The zero-order chi connectivity index (χ0) is 17.6. The molecule has 0 aliphatic heterocycles. The predicted molar refractivity (Wildman–Crippen MR) is 95.1 cm³/mol. The fourth-order valence-electron chi connectivity index (χ4n) is 2.32. The normalized spacial score (nSPS) is 11.9. The van der Waals surface area contributed by atoms with Crippen molar-refractivity contribution in [2.45, 2.75) is 20.0 Å². The second-order valence-electron chi connectivity index (χ2n) is 5.60. The van der Waals surface area contributed by atoms with Gasteiger partial charge in [-0.2, -0.15) is 5.10 Å². The number of aromatic nitrogens is 4. The Balaban J connectivity index is 1.57. The number of ether oxygens (including phenoxy) is 1. The lowest BCUT2D eigenvalue weighted by Crippen LogP contribution is -2.31. The summed E-state index contributed by atoms with van der Waals surface area (Å²) in [4.78, 5) is 21.5. The lowest BCUT2D eigenvalue weighted by atomic mass is 10.1. The van der Waals surface area contributed by atoms with Crippen LogP contribution in [0.4, 0.5) is 0 Å². The molecule has 2 heterocycles. The first-order chi connectivity index (χ1) is 12.2. The average Bonchev–Trinajstić information content (AvgIpc) is 3.31. The van der Waals surface area contributed by atoms with E-state index in [0.29, 0.717) is 13.1 Å². The molecule has 0 radical (unpaired) electrons. The molecule has 0 unspecified atom stereocenters. The van der Waals surface area contributed by atoms with Crippen LogP contribution in [-0.2, 0) is 17.9 Å². The minimum Gasteiger partial charge on any atom is -0.497 e. The van der Waals surface area contributed by atoms with Crippen LogP contribution in [0.15, 0.2) is 43.1 Å². The maximum Gasteiger partial charge on any atom is 0.224 e. The van der Waals surface area contributed by atoms with Gasteiger partial charge < -0.3 is 10.1 Å². The molecule has 1 amide bonds. The van der Waals surface area contributed by atoms with Gasteiger partial charge in [0.15, 0.2) is 0 Å². The number of carbonyl (C=O) groups excluding carboxylic acids is 1. The molecule has 3 aromatic rings. The number of nitrogens with zero attached hydrogens (tertiary/aromatic N) is 4. The van der Waals surface area contributed by atoms with Crippen LogP contribution in [0.3, 0.4) is 0 Å². The molecular formula is C17H19N5O2S. The maximum absolute atomic E-state index is 12.2. The van der Waals surface area contributed by atoms with Crippen LogP contribution in [0.1, 0.15) is 11.8 Å². The van der Waals surface area contributed by atoms with Crippen LogP contribution in [0.2, 0.25) is 0 Å². The summed E-state index contributed by atoms with van der Waals surface area (Å²) in [5, 5.41) is 7.86. The van der Waals surface area contributed by atoms with Crippen molar-refractivity contribution < 1.29 is 9.53 Å². The molecule has 3 rings (SSSR count). The van der Waals surface area contributed by atoms with Gasteiger partial charge in [0.2, 0.25) is 5.91 Å².